The number of ether oxygens (including phenoxy) is 2. The number of hydrogen-bond acceptors (Lipinski definition) is 4. The maximum atomic E-state index is 12.6. The van der Waals surface area contributed by atoms with Crippen LogP contribution < -0.4 is 14.8 Å². The number of anilines is 1. The number of amides is 1. The van der Waals surface area contributed by atoms with Crippen LogP contribution in [0.2, 0.25) is 0 Å². The Morgan fingerprint density at radius 1 is 1.33 bits per heavy atom. The molecule has 0 bridgehead atoms. The number of rotatable bonds is 4. The molecule has 0 unspecified atom stereocenters. The summed E-state index contributed by atoms with van der Waals surface area (Å²) in [6, 6.07) is 5.92. The van der Waals surface area contributed by atoms with Crippen molar-refractivity contribution in [1.82, 2.24) is 0 Å². The van der Waals surface area contributed by atoms with Gasteiger partial charge in [-0.1, -0.05) is 0 Å². The average molecular weight is 343 g/mol. The van der Waals surface area contributed by atoms with E-state index in [1.54, 1.807) is 11.3 Å². The zero-order valence-corrected chi connectivity index (χ0v) is 14.8. The third-order valence-electron chi connectivity index (χ3n) is 4.52. The molecule has 0 saturated heterocycles. The van der Waals surface area contributed by atoms with Gasteiger partial charge in [-0.25, -0.2) is 0 Å². The Morgan fingerprint density at radius 2 is 2.21 bits per heavy atom. The van der Waals surface area contributed by atoms with E-state index >= 15 is 0 Å². The van der Waals surface area contributed by atoms with E-state index in [-0.39, 0.29) is 12.0 Å². The van der Waals surface area contributed by atoms with Gasteiger partial charge in [0.05, 0.1) is 17.2 Å². The van der Waals surface area contributed by atoms with Gasteiger partial charge in [-0.2, -0.15) is 0 Å². The summed E-state index contributed by atoms with van der Waals surface area (Å²) < 4.78 is 11.5. The van der Waals surface area contributed by atoms with Gasteiger partial charge in [-0.3, -0.25) is 4.79 Å². The number of fused-ring (bicyclic) bond motifs is 2. The summed E-state index contributed by atoms with van der Waals surface area (Å²) in [5, 5.41) is 3.01. The summed E-state index contributed by atoms with van der Waals surface area (Å²) in [4.78, 5) is 14.8. The molecule has 1 N–H and O–H groups in total. The molecule has 1 aromatic carbocycles. The third kappa shape index (κ3) is 2.77. The largest absolute Gasteiger partial charge is 0.492 e. The third-order valence-corrected chi connectivity index (χ3v) is 5.75. The highest BCUT2D eigenvalue weighted by atomic mass is 32.1. The van der Waals surface area contributed by atoms with Crippen LogP contribution in [0.4, 0.5) is 5.69 Å². The van der Waals surface area contributed by atoms with Gasteiger partial charge >= 0.3 is 0 Å². The minimum atomic E-state index is -0.0682. The molecule has 4 nitrogen and oxygen atoms in total. The number of carbonyl (C=O) groups is 1. The van der Waals surface area contributed by atoms with Gasteiger partial charge in [0.1, 0.15) is 17.6 Å². The topological polar surface area (TPSA) is 47.6 Å². The number of aryl methyl sites for hydroxylation is 2. The Labute approximate surface area is 145 Å². The van der Waals surface area contributed by atoms with E-state index in [0.29, 0.717) is 18.0 Å². The van der Waals surface area contributed by atoms with Gasteiger partial charge < -0.3 is 14.8 Å². The summed E-state index contributed by atoms with van der Waals surface area (Å²) >= 11 is 1.61. The SMILES string of the molecule is CCOc1cc2c(cc1NC(=O)c1cc3c(s1)CCC3)O[C@@H](C)C2. The van der Waals surface area contributed by atoms with Crippen LogP contribution in [-0.2, 0) is 19.3 Å². The normalized spacial score (nSPS) is 18.0. The smallest absolute Gasteiger partial charge is 0.265 e. The molecular weight excluding hydrogens is 322 g/mol. The second-order valence-electron chi connectivity index (χ2n) is 6.39. The number of hydrogen-bond donors (Lipinski definition) is 1. The highest BCUT2D eigenvalue weighted by molar-refractivity contribution is 7.14. The maximum absolute atomic E-state index is 12.6. The van der Waals surface area contributed by atoms with Crippen molar-refractivity contribution in [2.45, 2.75) is 45.6 Å². The van der Waals surface area contributed by atoms with Crippen molar-refractivity contribution >= 4 is 22.9 Å². The van der Waals surface area contributed by atoms with Crippen molar-refractivity contribution in [2.75, 3.05) is 11.9 Å². The summed E-state index contributed by atoms with van der Waals surface area (Å²) in [5.41, 5.74) is 3.16. The molecule has 24 heavy (non-hydrogen) atoms. The van der Waals surface area contributed by atoms with Gasteiger partial charge in [0.25, 0.3) is 5.91 Å². The molecule has 1 atom stereocenters. The maximum Gasteiger partial charge on any atom is 0.265 e. The molecule has 2 aliphatic rings. The fourth-order valence-electron chi connectivity index (χ4n) is 3.44. The Balaban J connectivity index is 1.60. The van der Waals surface area contributed by atoms with Crippen LogP contribution in [0.25, 0.3) is 0 Å². The van der Waals surface area contributed by atoms with Crippen molar-refractivity contribution in [3.63, 3.8) is 0 Å². The fraction of sp³-hybridized carbons (Fsp3) is 0.421. The molecule has 0 spiro atoms. The summed E-state index contributed by atoms with van der Waals surface area (Å²) in [6.45, 7) is 4.55. The lowest BCUT2D eigenvalue weighted by Crippen LogP contribution is -2.12. The number of carbonyl (C=O) groups excluding carboxylic acids is 1. The average Bonchev–Trinajstić information content (AvgIpc) is 3.20. The molecule has 0 saturated carbocycles. The summed E-state index contributed by atoms with van der Waals surface area (Å²) in [5.74, 6) is 1.49. The first-order valence-electron chi connectivity index (χ1n) is 8.53. The number of nitrogens with one attached hydrogen (secondary N) is 1. The minimum absolute atomic E-state index is 0.0682. The van der Waals surface area contributed by atoms with Crippen LogP contribution in [0.15, 0.2) is 18.2 Å². The van der Waals surface area contributed by atoms with Crippen molar-refractivity contribution in [3.8, 4) is 11.5 Å². The highest BCUT2D eigenvalue weighted by Crippen LogP contribution is 2.38. The van der Waals surface area contributed by atoms with E-state index in [2.05, 4.69) is 5.32 Å². The molecular formula is C19H21NO3S. The molecule has 1 aliphatic carbocycles. The van der Waals surface area contributed by atoms with Crippen molar-refractivity contribution < 1.29 is 14.3 Å². The molecule has 1 amide bonds. The van der Waals surface area contributed by atoms with E-state index in [0.717, 1.165) is 35.5 Å². The molecule has 1 aromatic heterocycles. The summed E-state index contributed by atoms with van der Waals surface area (Å²) in [6.07, 6.45) is 4.44. The minimum Gasteiger partial charge on any atom is -0.492 e. The molecule has 126 valence electrons. The fourth-order valence-corrected chi connectivity index (χ4v) is 4.59. The number of thiophene rings is 1. The van der Waals surface area contributed by atoms with E-state index in [9.17, 15) is 4.79 Å². The summed E-state index contributed by atoms with van der Waals surface area (Å²) in [7, 11) is 0. The Bertz CT molecular complexity index is 775. The van der Waals surface area contributed by atoms with Crippen molar-refractivity contribution in [3.05, 3.63) is 39.1 Å². The molecule has 2 heterocycles. The van der Waals surface area contributed by atoms with Crippen LogP contribution in [-0.4, -0.2) is 18.6 Å². The van der Waals surface area contributed by atoms with Gasteiger partial charge in [0.15, 0.2) is 0 Å². The molecule has 5 heteroatoms. The van der Waals surface area contributed by atoms with Crippen molar-refractivity contribution in [1.29, 1.82) is 0 Å². The van der Waals surface area contributed by atoms with Gasteiger partial charge in [0.2, 0.25) is 0 Å². The van der Waals surface area contributed by atoms with Crippen LogP contribution >= 0.6 is 11.3 Å². The Hall–Kier alpha value is -2.01. The molecule has 0 fully saturated rings. The molecule has 1 aliphatic heterocycles. The predicted molar refractivity (Wildman–Crippen MR) is 95.7 cm³/mol. The lowest BCUT2D eigenvalue weighted by molar-refractivity contribution is 0.103. The van der Waals surface area contributed by atoms with Crippen LogP contribution in [0, 0.1) is 0 Å². The van der Waals surface area contributed by atoms with E-state index < -0.39 is 0 Å². The first kappa shape index (κ1) is 15.5. The van der Waals surface area contributed by atoms with Crippen LogP contribution in [0.5, 0.6) is 11.5 Å². The molecule has 4 rings (SSSR count). The highest BCUT2D eigenvalue weighted by Gasteiger charge is 2.24. The van der Waals surface area contributed by atoms with Crippen molar-refractivity contribution in [2.24, 2.45) is 0 Å². The van der Waals surface area contributed by atoms with Gasteiger partial charge in [-0.05, 0) is 50.8 Å². The Morgan fingerprint density at radius 3 is 3.00 bits per heavy atom. The zero-order chi connectivity index (χ0) is 16.7. The molecule has 2 aromatic rings. The molecule has 0 radical (unpaired) electrons. The predicted octanol–water partition coefficient (Wildman–Crippen LogP) is 4.21. The monoisotopic (exact) mass is 343 g/mol. The standard InChI is InChI=1S/C19H21NO3S/c1-3-22-16-8-13-7-11(2)23-15(13)10-14(16)20-19(21)18-9-12-5-4-6-17(12)24-18/h8-11H,3-7H2,1-2H3,(H,20,21)/t11-/m0/s1. The van der Waals surface area contributed by atoms with Crippen LogP contribution in [0.3, 0.4) is 0 Å². The lowest BCUT2D eigenvalue weighted by atomic mass is 10.1. The second-order valence-corrected chi connectivity index (χ2v) is 7.53. The zero-order valence-electron chi connectivity index (χ0n) is 14.0. The first-order valence-corrected chi connectivity index (χ1v) is 9.35. The van der Waals surface area contributed by atoms with E-state index in [1.165, 1.54) is 16.9 Å². The second kappa shape index (κ2) is 6.13. The quantitative estimate of drug-likeness (QED) is 0.904. The van der Waals surface area contributed by atoms with Gasteiger partial charge in [-0.15, -0.1) is 11.3 Å². The number of benzene rings is 1. The van der Waals surface area contributed by atoms with E-state index in [1.807, 2.05) is 32.0 Å². The lowest BCUT2D eigenvalue weighted by Gasteiger charge is -2.13. The van der Waals surface area contributed by atoms with Crippen LogP contribution in [0.1, 0.15) is 45.9 Å². The van der Waals surface area contributed by atoms with Gasteiger partial charge in [0, 0.05) is 22.9 Å². The van der Waals surface area contributed by atoms with E-state index in [4.69, 9.17) is 9.47 Å². The first-order chi connectivity index (χ1) is 11.6. The Kier molecular flexibility index (Phi) is 3.96.